The Morgan fingerprint density at radius 2 is 1.91 bits per heavy atom. The van der Waals surface area contributed by atoms with Crippen molar-refractivity contribution in [1.29, 1.82) is 0 Å². The van der Waals surface area contributed by atoms with Crippen molar-refractivity contribution in [2.75, 3.05) is 19.7 Å². The molecule has 2 aromatic heterocycles. The highest BCUT2D eigenvalue weighted by Gasteiger charge is 2.26. The highest BCUT2D eigenvalue weighted by atomic mass is 35.5. The quantitative estimate of drug-likeness (QED) is 0.456. The topological polar surface area (TPSA) is 69.5 Å². The highest BCUT2D eigenvalue weighted by Crippen LogP contribution is 2.30. The monoisotopic (exact) mass is 468 g/mol. The van der Waals surface area contributed by atoms with Crippen molar-refractivity contribution < 1.29 is 14.3 Å². The molecule has 1 aromatic carbocycles. The maximum Gasteiger partial charge on any atom is 0.338 e. The summed E-state index contributed by atoms with van der Waals surface area (Å²) in [4.78, 5) is 18.8. The number of likely N-dealkylation sites (tertiary alicyclic amines) is 1. The van der Waals surface area contributed by atoms with E-state index in [0.717, 1.165) is 42.9 Å². The highest BCUT2D eigenvalue weighted by molar-refractivity contribution is 6.30. The van der Waals surface area contributed by atoms with Crippen molar-refractivity contribution in [2.24, 2.45) is 7.05 Å². The Balaban J connectivity index is 1.38. The SMILES string of the molecule is CCOC(=O)c1ccnc(CN2CCC(OC(c3ccc(Cl)cc3)c3ccnn3C)CC2)c1. The lowest BCUT2D eigenvalue weighted by Crippen LogP contribution is -2.37. The average molecular weight is 469 g/mol. The summed E-state index contributed by atoms with van der Waals surface area (Å²) in [6.07, 6.45) is 5.23. The second-order valence-corrected chi connectivity index (χ2v) is 8.62. The number of halogens is 1. The summed E-state index contributed by atoms with van der Waals surface area (Å²) >= 11 is 6.10. The van der Waals surface area contributed by atoms with Crippen LogP contribution in [-0.2, 0) is 23.1 Å². The largest absolute Gasteiger partial charge is 0.462 e. The fourth-order valence-electron chi connectivity index (χ4n) is 4.13. The van der Waals surface area contributed by atoms with E-state index >= 15 is 0 Å². The molecule has 3 heterocycles. The summed E-state index contributed by atoms with van der Waals surface area (Å²) in [5.74, 6) is -0.309. The van der Waals surface area contributed by atoms with Gasteiger partial charge in [-0.15, -0.1) is 0 Å². The Bertz CT molecular complexity index is 1060. The molecule has 1 saturated heterocycles. The molecule has 1 aliphatic rings. The number of hydrogen-bond donors (Lipinski definition) is 0. The van der Waals surface area contributed by atoms with Gasteiger partial charge in [-0.25, -0.2) is 4.79 Å². The van der Waals surface area contributed by atoms with Gasteiger partial charge in [-0.05, 0) is 55.7 Å². The predicted molar refractivity (Wildman–Crippen MR) is 126 cm³/mol. The van der Waals surface area contributed by atoms with E-state index in [1.54, 1.807) is 25.4 Å². The number of aromatic nitrogens is 3. The van der Waals surface area contributed by atoms with Gasteiger partial charge >= 0.3 is 5.97 Å². The van der Waals surface area contributed by atoms with Gasteiger partial charge in [0.05, 0.1) is 29.7 Å². The zero-order chi connectivity index (χ0) is 23.2. The number of pyridine rings is 1. The number of aryl methyl sites for hydroxylation is 1. The Labute approximate surface area is 199 Å². The molecular weight excluding hydrogens is 440 g/mol. The second-order valence-electron chi connectivity index (χ2n) is 8.18. The van der Waals surface area contributed by atoms with Crippen LogP contribution in [0.4, 0.5) is 0 Å². The van der Waals surface area contributed by atoms with E-state index in [-0.39, 0.29) is 18.2 Å². The van der Waals surface area contributed by atoms with Crippen molar-refractivity contribution in [3.63, 3.8) is 0 Å². The Kier molecular flexibility index (Phi) is 7.75. The maximum absolute atomic E-state index is 12.0. The van der Waals surface area contributed by atoms with Gasteiger partial charge in [0.1, 0.15) is 6.10 Å². The van der Waals surface area contributed by atoms with Crippen LogP contribution in [0.1, 0.15) is 53.2 Å². The number of esters is 1. The van der Waals surface area contributed by atoms with Crippen LogP contribution < -0.4 is 0 Å². The van der Waals surface area contributed by atoms with Crippen LogP contribution in [0.5, 0.6) is 0 Å². The number of rotatable bonds is 8. The third-order valence-corrected chi connectivity index (χ3v) is 6.13. The van der Waals surface area contributed by atoms with Crippen molar-refractivity contribution in [2.45, 2.75) is 38.5 Å². The van der Waals surface area contributed by atoms with Crippen LogP contribution in [0.15, 0.2) is 54.9 Å². The molecule has 7 nitrogen and oxygen atoms in total. The number of piperidine rings is 1. The Morgan fingerprint density at radius 1 is 1.15 bits per heavy atom. The first-order valence-electron chi connectivity index (χ1n) is 11.3. The summed E-state index contributed by atoms with van der Waals surface area (Å²) in [5.41, 5.74) is 3.49. The fourth-order valence-corrected chi connectivity index (χ4v) is 4.25. The van der Waals surface area contributed by atoms with Gasteiger partial charge in [-0.1, -0.05) is 23.7 Å². The molecule has 33 heavy (non-hydrogen) atoms. The molecule has 1 aliphatic heterocycles. The molecule has 3 aromatic rings. The molecule has 1 atom stereocenters. The van der Waals surface area contributed by atoms with E-state index in [0.29, 0.717) is 23.7 Å². The fraction of sp³-hybridized carbons (Fsp3) is 0.400. The molecule has 0 amide bonds. The van der Waals surface area contributed by atoms with Crippen LogP contribution in [-0.4, -0.2) is 51.4 Å². The van der Waals surface area contributed by atoms with Gasteiger partial charge in [-0.2, -0.15) is 5.10 Å². The standard InChI is InChI=1S/C25H29ClN4O3/c1-3-32-25(31)19-8-12-27-21(16-19)17-30-14-10-22(11-15-30)33-24(23-9-13-28-29(23)2)18-4-6-20(26)7-5-18/h4-9,12-13,16,22,24H,3,10-11,14-15,17H2,1-2H3. The number of hydrogen-bond acceptors (Lipinski definition) is 6. The molecule has 0 bridgehead atoms. The van der Waals surface area contributed by atoms with Gasteiger partial charge < -0.3 is 9.47 Å². The first-order valence-corrected chi connectivity index (χ1v) is 11.6. The minimum absolute atomic E-state index is 0.135. The van der Waals surface area contributed by atoms with Crippen LogP contribution in [0.3, 0.4) is 0 Å². The molecule has 0 spiro atoms. The smallest absolute Gasteiger partial charge is 0.338 e. The van der Waals surface area contributed by atoms with Gasteiger partial charge in [0.25, 0.3) is 0 Å². The molecule has 0 radical (unpaired) electrons. The first kappa shape index (κ1) is 23.4. The molecule has 0 saturated carbocycles. The van der Waals surface area contributed by atoms with Crippen molar-refractivity contribution in [1.82, 2.24) is 19.7 Å². The van der Waals surface area contributed by atoms with E-state index < -0.39 is 0 Å². The third-order valence-electron chi connectivity index (χ3n) is 5.88. The molecule has 0 N–H and O–H groups in total. The second kappa shape index (κ2) is 10.9. The lowest BCUT2D eigenvalue weighted by atomic mass is 10.0. The van der Waals surface area contributed by atoms with Crippen molar-refractivity contribution in [3.05, 3.63) is 82.4 Å². The number of ether oxygens (including phenoxy) is 2. The van der Waals surface area contributed by atoms with E-state index in [2.05, 4.69) is 15.0 Å². The van der Waals surface area contributed by atoms with E-state index in [1.165, 1.54) is 0 Å². The van der Waals surface area contributed by atoms with E-state index in [9.17, 15) is 4.79 Å². The van der Waals surface area contributed by atoms with E-state index in [4.69, 9.17) is 21.1 Å². The zero-order valence-electron chi connectivity index (χ0n) is 19.0. The Hall–Kier alpha value is -2.74. The van der Waals surface area contributed by atoms with Crippen LogP contribution in [0.25, 0.3) is 0 Å². The predicted octanol–water partition coefficient (Wildman–Crippen LogP) is 4.42. The minimum Gasteiger partial charge on any atom is -0.462 e. The molecule has 0 aliphatic carbocycles. The normalized spacial score (nSPS) is 16.0. The molecule has 1 unspecified atom stereocenters. The summed E-state index contributed by atoms with van der Waals surface area (Å²) in [6, 6.07) is 13.3. The molecule has 1 fully saturated rings. The van der Waals surface area contributed by atoms with Gasteiger partial charge in [0, 0.05) is 44.1 Å². The van der Waals surface area contributed by atoms with Crippen molar-refractivity contribution >= 4 is 17.6 Å². The molecule has 4 rings (SSSR count). The third kappa shape index (κ3) is 5.99. The molecular formula is C25H29ClN4O3. The maximum atomic E-state index is 12.0. The molecule has 8 heteroatoms. The first-order chi connectivity index (χ1) is 16.0. The number of nitrogens with zero attached hydrogens (tertiary/aromatic N) is 4. The average Bonchev–Trinajstić information content (AvgIpc) is 3.25. The minimum atomic E-state index is -0.309. The van der Waals surface area contributed by atoms with Crippen molar-refractivity contribution in [3.8, 4) is 0 Å². The summed E-state index contributed by atoms with van der Waals surface area (Å²) in [5, 5.41) is 5.03. The summed E-state index contributed by atoms with van der Waals surface area (Å²) in [6.45, 7) is 4.66. The van der Waals surface area contributed by atoms with Gasteiger partial charge in [0.2, 0.25) is 0 Å². The van der Waals surface area contributed by atoms with Gasteiger partial charge in [0.15, 0.2) is 0 Å². The zero-order valence-corrected chi connectivity index (χ0v) is 19.7. The van der Waals surface area contributed by atoms with Crippen LogP contribution in [0.2, 0.25) is 5.02 Å². The van der Waals surface area contributed by atoms with Gasteiger partial charge in [-0.3, -0.25) is 14.6 Å². The van der Waals surface area contributed by atoms with Crippen LogP contribution >= 0.6 is 11.6 Å². The number of carbonyl (C=O) groups is 1. The Morgan fingerprint density at radius 3 is 2.58 bits per heavy atom. The number of carbonyl (C=O) groups excluding carboxylic acids is 1. The number of benzene rings is 1. The summed E-state index contributed by atoms with van der Waals surface area (Å²) < 4.78 is 13.6. The lowest BCUT2D eigenvalue weighted by Gasteiger charge is -2.34. The van der Waals surface area contributed by atoms with Crippen LogP contribution in [0, 0.1) is 0 Å². The summed E-state index contributed by atoms with van der Waals surface area (Å²) in [7, 11) is 1.93. The lowest BCUT2D eigenvalue weighted by molar-refractivity contribution is -0.0310. The molecule has 174 valence electrons. The van der Waals surface area contributed by atoms with E-state index in [1.807, 2.05) is 48.1 Å².